The van der Waals surface area contributed by atoms with E-state index in [0.29, 0.717) is 5.92 Å². The summed E-state index contributed by atoms with van der Waals surface area (Å²) in [4.78, 5) is 26.3. The van der Waals surface area contributed by atoms with Gasteiger partial charge in [0.1, 0.15) is 0 Å². The lowest BCUT2D eigenvalue weighted by Crippen LogP contribution is -2.57. The van der Waals surface area contributed by atoms with Crippen LogP contribution in [0.5, 0.6) is 0 Å². The maximum absolute atomic E-state index is 12.3. The maximum atomic E-state index is 12.3. The van der Waals surface area contributed by atoms with Gasteiger partial charge in [-0.1, -0.05) is 6.92 Å². The second kappa shape index (κ2) is 5.02. The third-order valence-electron chi connectivity index (χ3n) is 5.42. The number of fused-ring (bicyclic) bond motifs is 2. The van der Waals surface area contributed by atoms with Gasteiger partial charge < -0.3 is 10.1 Å². The fraction of sp³-hybridized carbons (Fsp3) is 0.867. The Kier molecular flexibility index (Phi) is 3.48. The summed E-state index contributed by atoms with van der Waals surface area (Å²) in [5, 5.41) is 3.24. The number of piperidine rings is 1. The first kappa shape index (κ1) is 13.9. The Morgan fingerprint density at radius 3 is 2.70 bits per heavy atom. The first-order valence-corrected chi connectivity index (χ1v) is 7.72. The van der Waals surface area contributed by atoms with E-state index in [-0.39, 0.29) is 29.5 Å². The van der Waals surface area contributed by atoms with E-state index in [4.69, 9.17) is 4.74 Å². The molecule has 2 saturated heterocycles. The van der Waals surface area contributed by atoms with Crippen LogP contribution in [0.15, 0.2) is 0 Å². The van der Waals surface area contributed by atoms with Crippen LogP contribution in [0.1, 0.15) is 45.4 Å². The predicted octanol–water partition coefficient (Wildman–Crippen LogP) is 1.28. The smallest absolute Gasteiger partial charge is 0.308 e. The lowest BCUT2D eigenvalue weighted by atomic mass is 9.80. The normalized spacial score (nSPS) is 41.3. The number of nitrogens with one attached hydrogen (secondary N) is 1. The molecule has 2 atom stereocenters. The second-order valence-electron chi connectivity index (χ2n) is 6.66. The number of amides is 1. The van der Waals surface area contributed by atoms with Gasteiger partial charge in [0.25, 0.3) is 0 Å². The largest absolute Gasteiger partial charge is 0.469 e. The highest BCUT2D eigenvalue weighted by molar-refractivity contribution is 5.85. The van der Waals surface area contributed by atoms with Gasteiger partial charge in [-0.2, -0.15) is 0 Å². The Morgan fingerprint density at radius 2 is 2.05 bits per heavy atom. The van der Waals surface area contributed by atoms with Gasteiger partial charge in [0.15, 0.2) is 0 Å². The lowest BCUT2D eigenvalue weighted by molar-refractivity contribution is -0.147. The van der Waals surface area contributed by atoms with E-state index in [2.05, 4.69) is 17.1 Å². The molecule has 5 nitrogen and oxygen atoms in total. The van der Waals surface area contributed by atoms with Crippen molar-refractivity contribution < 1.29 is 14.3 Å². The number of hydrogen-bond donors (Lipinski definition) is 1. The SMILES string of the molecule is COC(=O)C1CCC2(CC1)NC(=O)[C@@H]1C[C@H](C)CCN12. The third-order valence-corrected chi connectivity index (χ3v) is 5.42. The molecule has 1 aliphatic carbocycles. The van der Waals surface area contributed by atoms with Crippen molar-refractivity contribution in [1.82, 2.24) is 10.2 Å². The second-order valence-corrected chi connectivity index (χ2v) is 6.66. The number of carbonyl (C=O) groups is 2. The highest BCUT2D eigenvalue weighted by atomic mass is 16.5. The highest BCUT2D eigenvalue weighted by Crippen LogP contribution is 2.42. The lowest BCUT2D eigenvalue weighted by Gasteiger charge is -2.46. The molecule has 1 saturated carbocycles. The summed E-state index contributed by atoms with van der Waals surface area (Å²) >= 11 is 0. The molecule has 0 aromatic carbocycles. The first-order valence-electron chi connectivity index (χ1n) is 7.72. The van der Waals surface area contributed by atoms with Crippen molar-refractivity contribution in [3.8, 4) is 0 Å². The molecule has 1 amide bonds. The number of carbonyl (C=O) groups excluding carboxylic acids is 2. The zero-order valence-electron chi connectivity index (χ0n) is 12.4. The zero-order valence-corrected chi connectivity index (χ0v) is 12.4. The number of rotatable bonds is 1. The number of nitrogens with zero attached hydrogens (tertiary/aromatic N) is 1. The van der Waals surface area contributed by atoms with Gasteiger partial charge in [0.05, 0.1) is 24.7 Å². The van der Waals surface area contributed by atoms with Crippen LogP contribution >= 0.6 is 0 Å². The van der Waals surface area contributed by atoms with Crippen molar-refractivity contribution in [1.29, 1.82) is 0 Å². The van der Waals surface area contributed by atoms with Crippen molar-refractivity contribution in [2.45, 2.75) is 57.2 Å². The van der Waals surface area contributed by atoms with Crippen LogP contribution in [0, 0.1) is 11.8 Å². The van der Waals surface area contributed by atoms with Gasteiger partial charge in [0, 0.05) is 6.54 Å². The molecule has 112 valence electrons. The van der Waals surface area contributed by atoms with Crippen LogP contribution in [-0.4, -0.2) is 42.1 Å². The first-order chi connectivity index (χ1) is 9.55. The van der Waals surface area contributed by atoms with Crippen LogP contribution in [0.25, 0.3) is 0 Å². The maximum Gasteiger partial charge on any atom is 0.308 e. The average Bonchev–Trinajstić information content (AvgIpc) is 2.71. The number of hydrogen-bond acceptors (Lipinski definition) is 4. The predicted molar refractivity (Wildman–Crippen MR) is 73.7 cm³/mol. The summed E-state index contributed by atoms with van der Waals surface area (Å²) in [6.07, 6.45) is 5.48. The summed E-state index contributed by atoms with van der Waals surface area (Å²) in [7, 11) is 1.45. The van der Waals surface area contributed by atoms with E-state index in [9.17, 15) is 9.59 Å². The minimum Gasteiger partial charge on any atom is -0.469 e. The van der Waals surface area contributed by atoms with Gasteiger partial charge in [-0.25, -0.2) is 0 Å². The van der Waals surface area contributed by atoms with E-state index in [1.54, 1.807) is 0 Å². The summed E-state index contributed by atoms with van der Waals surface area (Å²) in [5.74, 6) is 0.718. The Morgan fingerprint density at radius 1 is 1.35 bits per heavy atom. The van der Waals surface area contributed by atoms with Crippen LogP contribution in [0.3, 0.4) is 0 Å². The standard InChI is InChI=1S/C15H24N2O3/c1-10-5-8-17-12(9-10)13(18)16-15(17)6-3-11(4-7-15)14(19)20-2/h10-12H,3-9H2,1-2H3,(H,16,18)/t10-,11?,12+,15?/m1/s1. The van der Waals surface area contributed by atoms with Crippen LogP contribution < -0.4 is 5.32 Å². The van der Waals surface area contributed by atoms with Gasteiger partial charge >= 0.3 is 5.97 Å². The molecule has 0 bridgehead atoms. The molecule has 1 spiro atoms. The van der Waals surface area contributed by atoms with Crippen molar-refractivity contribution in [3.63, 3.8) is 0 Å². The molecule has 3 aliphatic rings. The van der Waals surface area contributed by atoms with Gasteiger partial charge in [-0.3, -0.25) is 14.5 Å². The van der Waals surface area contributed by atoms with E-state index in [1.807, 2.05) is 0 Å². The Labute approximate surface area is 120 Å². The van der Waals surface area contributed by atoms with Gasteiger partial charge in [0.2, 0.25) is 5.91 Å². The molecule has 0 unspecified atom stereocenters. The minimum atomic E-state index is -0.188. The molecule has 5 heteroatoms. The summed E-state index contributed by atoms with van der Waals surface area (Å²) in [6.45, 7) is 3.22. The van der Waals surface area contributed by atoms with Crippen molar-refractivity contribution in [3.05, 3.63) is 0 Å². The van der Waals surface area contributed by atoms with Crippen LogP contribution in [0.4, 0.5) is 0 Å². The van der Waals surface area contributed by atoms with Gasteiger partial charge in [-0.05, 0) is 44.4 Å². The molecule has 2 heterocycles. The average molecular weight is 280 g/mol. The Balaban J connectivity index is 1.72. The van der Waals surface area contributed by atoms with E-state index < -0.39 is 0 Å². The molecule has 0 aromatic rings. The quantitative estimate of drug-likeness (QED) is 0.735. The molecular formula is C15H24N2O3. The fourth-order valence-corrected chi connectivity index (χ4v) is 4.20. The molecule has 0 radical (unpaired) electrons. The van der Waals surface area contributed by atoms with Crippen molar-refractivity contribution >= 4 is 11.9 Å². The summed E-state index contributed by atoms with van der Waals surface area (Å²) < 4.78 is 4.84. The number of esters is 1. The minimum absolute atomic E-state index is 0.00490. The number of ether oxygens (including phenoxy) is 1. The van der Waals surface area contributed by atoms with Crippen molar-refractivity contribution in [2.75, 3.05) is 13.7 Å². The number of methoxy groups -OCH3 is 1. The van der Waals surface area contributed by atoms with Crippen LogP contribution in [-0.2, 0) is 14.3 Å². The summed E-state index contributed by atoms with van der Waals surface area (Å²) in [6, 6.07) is 0.0495. The molecule has 1 N–H and O–H groups in total. The topological polar surface area (TPSA) is 58.6 Å². The molecule has 20 heavy (non-hydrogen) atoms. The molecule has 2 aliphatic heterocycles. The highest BCUT2D eigenvalue weighted by Gasteiger charge is 2.53. The monoisotopic (exact) mass is 280 g/mol. The van der Waals surface area contributed by atoms with E-state index in [0.717, 1.165) is 45.1 Å². The zero-order chi connectivity index (χ0) is 14.3. The Hall–Kier alpha value is -1.10. The molecular weight excluding hydrogens is 256 g/mol. The van der Waals surface area contributed by atoms with Crippen LogP contribution in [0.2, 0.25) is 0 Å². The third kappa shape index (κ3) is 2.12. The van der Waals surface area contributed by atoms with Gasteiger partial charge in [-0.15, -0.1) is 0 Å². The molecule has 3 rings (SSSR count). The Bertz CT molecular complexity index is 415. The molecule has 0 aromatic heterocycles. The van der Waals surface area contributed by atoms with E-state index in [1.165, 1.54) is 7.11 Å². The fourth-order valence-electron chi connectivity index (χ4n) is 4.20. The molecule has 3 fully saturated rings. The summed E-state index contributed by atoms with van der Waals surface area (Å²) in [5.41, 5.74) is -0.188. The van der Waals surface area contributed by atoms with Crippen molar-refractivity contribution in [2.24, 2.45) is 11.8 Å². The van der Waals surface area contributed by atoms with E-state index >= 15 is 0 Å².